The highest BCUT2D eigenvalue weighted by atomic mass is 16.1. The Balaban J connectivity index is 2.24. The van der Waals surface area contributed by atoms with E-state index in [9.17, 15) is 4.79 Å². The van der Waals surface area contributed by atoms with Gasteiger partial charge in [-0.2, -0.15) is 0 Å². The molecule has 1 amide bonds. The van der Waals surface area contributed by atoms with Crippen molar-refractivity contribution in [2.45, 2.75) is 26.2 Å². The van der Waals surface area contributed by atoms with Gasteiger partial charge in [-0.15, -0.1) is 0 Å². The third kappa shape index (κ3) is 3.14. The molecule has 1 aliphatic rings. The van der Waals surface area contributed by atoms with Crippen LogP contribution in [0, 0.1) is 11.8 Å². The van der Waals surface area contributed by atoms with Crippen molar-refractivity contribution >= 4 is 5.91 Å². The molecule has 0 aromatic carbocycles. The molecule has 1 aliphatic carbocycles. The monoisotopic (exact) mass is 196 g/mol. The summed E-state index contributed by atoms with van der Waals surface area (Å²) >= 11 is 0. The predicted molar refractivity (Wildman–Crippen MR) is 57.7 cm³/mol. The largest absolute Gasteiger partial charge is 0.352 e. The van der Waals surface area contributed by atoms with Crippen molar-refractivity contribution < 1.29 is 4.79 Å². The first-order valence-corrected chi connectivity index (χ1v) is 5.38. The molecule has 1 rings (SSSR count). The zero-order valence-corrected chi connectivity index (χ0v) is 8.83. The lowest BCUT2D eigenvalue weighted by Crippen LogP contribution is -2.32. The van der Waals surface area contributed by atoms with E-state index in [1.165, 1.54) is 12.8 Å². The zero-order valence-electron chi connectivity index (χ0n) is 8.83. The second-order valence-electron chi connectivity index (χ2n) is 3.97. The molecule has 0 radical (unpaired) electrons. The second kappa shape index (κ2) is 5.81. The van der Waals surface area contributed by atoms with Crippen LogP contribution in [0.5, 0.6) is 0 Å². The lowest BCUT2D eigenvalue weighted by Gasteiger charge is -2.13. The van der Waals surface area contributed by atoms with Gasteiger partial charge in [0.05, 0.1) is 0 Å². The van der Waals surface area contributed by atoms with E-state index in [4.69, 9.17) is 5.73 Å². The molecule has 80 valence electrons. The third-order valence-corrected chi connectivity index (χ3v) is 2.90. The molecule has 1 saturated carbocycles. The maximum Gasteiger partial charge on any atom is 0.223 e. The van der Waals surface area contributed by atoms with Crippen molar-refractivity contribution in [3.8, 4) is 0 Å². The van der Waals surface area contributed by atoms with Gasteiger partial charge in [-0.25, -0.2) is 0 Å². The molecule has 0 bridgehead atoms. The maximum atomic E-state index is 11.6. The number of rotatable bonds is 4. The van der Waals surface area contributed by atoms with Gasteiger partial charge < -0.3 is 11.1 Å². The van der Waals surface area contributed by atoms with Gasteiger partial charge in [0.1, 0.15) is 0 Å². The SMILES string of the molecule is CC1CCCC1C(=O)NC/C=C/CN. The van der Waals surface area contributed by atoms with Crippen LogP contribution >= 0.6 is 0 Å². The summed E-state index contributed by atoms with van der Waals surface area (Å²) in [6.45, 7) is 3.31. The Morgan fingerprint density at radius 2 is 2.29 bits per heavy atom. The van der Waals surface area contributed by atoms with Gasteiger partial charge in [0.15, 0.2) is 0 Å². The highest BCUT2D eigenvalue weighted by Gasteiger charge is 2.28. The average molecular weight is 196 g/mol. The van der Waals surface area contributed by atoms with E-state index in [1.54, 1.807) is 0 Å². The quantitative estimate of drug-likeness (QED) is 0.660. The number of hydrogen-bond donors (Lipinski definition) is 2. The average Bonchev–Trinajstić information content (AvgIpc) is 2.59. The molecule has 0 aromatic heterocycles. The van der Waals surface area contributed by atoms with Crippen molar-refractivity contribution in [1.82, 2.24) is 5.32 Å². The van der Waals surface area contributed by atoms with Crippen LogP contribution in [-0.2, 0) is 4.79 Å². The van der Waals surface area contributed by atoms with Crippen molar-refractivity contribution in [3.63, 3.8) is 0 Å². The van der Waals surface area contributed by atoms with Gasteiger partial charge in [0, 0.05) is 19.0 Å². The zero-order chi connectivity index (χ0) is 10.4. The van der Waals surface area contributed by atoms with Crippen LogP contribution in [-0.4, -0.2) is 19.0 Å². The summed E-state index contributed by atoms with van der Waals surface area (Å²) in [4.78, 5) is 11.6. The summed E-state index contributed by atoms with van der Waals surface area (Å²) < 4.78 is 0. The molecule has 0 spiro atoms. The number of amides is 1. The topological polar surface area (TPSA) is 55.1 Å². The summed E-state index contributed by atoms with van der Waals surface area (Å²) in [6, 6.07) is 0. The van der Waals surface area contributed by atoms with Crippen LogP contribution in [0.3, 0.4) is 0 Å². The van der Waals surface area contributed by atoms with E-state index in [-0.39, 0.29) is 11.8 Å². The van der Waals surface area contributed by atoms with Gasteiger partial charge >= 0.3 is 0 Å². The lowest BCUT2D eigenvalue weighted by molar-refractivity contribution is -0.125. The first-order chi connectivity index (χ1) is 6.75. The normalized spacial score (nSPS) is 27.0. The third-order valence-electron chi connectivity index (χ3n) is 2.90. The van der Waals surface area contributed by atoms with Crippen molar-refractivity contribution in [3.05, 3.63) is 12.2 Å². The van der Waals surface area contributed by atoms with Gasteiger partial charge in [0.25, 0.3) is 0 Å². The molecule has 0 heterocycles. The molecular weight excluding hydrogens is 176 g/mol. The molecule has 0 saturated heterocycles. The smallest absolute Gasteiger partial charge is 0.223 e. The summed E-state index contributed by atoms with van der Waals surface area (Å²) in [5, 5.41) is 2.91. The summed E-state index contributed by atoms with van der Waals surface area (Å²) in [5.74, 6) is 0.992. The molecule has 3 heteroatoms. The maximum absolute atomic E-state index is 11.6. The lowest BCUT2D eigenvalue weighted by atomic mass is 9.97. The van der Waals surface area contributed by atoms with Crippen LogP contribution in [0.4, 0.5) is 0 Å². The van der Waals surface area contributed by atoms with E-state index in [0.29, 0.717) is 19.0 Å². The standard InChI is InChI=1S/C11H20N2O/c1-9-5-4-6-10(9)11(14)13-8-3-2-7-12/h2-3,9-10H,4-8,12H2,1H3,(H,13,14)/b3-2+. The number of nitrogens with one attached hydrogen (secondary N) is 1. The first-order valence-electron chi connectivity index (χ1n) is 5.38. The van der Waals surface area contributed by atoms with Gasteiger partial charge in [0.2, 0.25) is 5.91 Å². The highest BCUT2D eigenvalue weighted by molar-refractivity contribution is 5.79. The summed E-state index contributed by atoms with van der Waals surface area (Å²) in [5.41, 5.74) is 5.29. The van der Waals surface area contributed by atoms with Crippen LogP contribution in [0.2, 0.25) is 0 Å². The molecule has 0 aromatic rings. The Morgan fingerprint density at radius 3 is 2.86 bits per heavy atom. The fraction of sp³-hybridized carbons (Fsp3) is 0.727. The van der Waals surface area contributed by atoms with Crippen LogP contribution in [0.15, 0.2) is 12.2 Å². The summed E-state index contributed by atoms with van der Waals surface area (Å²) in [7, 11) is 0. The van der Waals surface area contributed by atoms with Crippen molar-refractivity contribution in [2.75, 3.05) is 13.1 Å². The molecule has 2 unspecified atom stereocenters. The van der Waals surface area contributed by atoms with Crippen molar-refractivity contribution in [1.29, 1.82) is 0 Å². The molecule has 14 heavy (non-hydrogen) atoms. The van der Waals surface area contributed by atoms with Crippen molar-refractivity contribution in [2.24, 2.45) is 17.6 Å². The number of hydrogen-bond acceptors (Lipinski definition) is 2. The Morgan fingerprint density at radius 1 is 1.50 bits per heavy atom. The number of nitrogens with two attached hydrogens (primary N) is 1. The minimum Gasteiger partial charge on any atom is -0.352 e. The second-order valence-corrected chi connectivity index (χ2v) is 3.97. The Bertz CT molecular complexity index is 213. The molecule has 1 fully saturated rings. The van der Waals surface area contributed by atoms with Crippen LogP contribution in [0.25, 0.3) is 0 Å². The fourth-order valence-corrected chi connectivity index (χ4v) is 2.01. The Kier molecular flexibility index (Phi) is 4.66. The highest BCUT2D eigenvalue weighted by Crippen LogP contribution is 2.30. The predicted octanol–water partition coefficient (Wildman–Crippen LogP) is 1.05. The Hall–Kier alpha value is -0.830. The van der Waals surface area contributed by atoms with E-state index in [0.717, 1.165) is 6.42 Å². The van der Waals surface area contributed by atoms with Gasteiger partial charge in [-0.05, 0) is 18.8 Å². The van der Waals surface area contributed by atoms with E-state index in [2.05, 4.69) is 12.2 Å². The fourth-order valence-electron chi connectivity index (χ4n) is 2.01. The summed E-state index contributed by atoms with van der Waals surface area (Å²) in [6.07, 6.45) is 7.19. The van der Waals surface area contributed by atoms with Crippen LogP contribution in [0.1, 0.15) is 26.2 Å². The van der Waals surface area contributed by atoms with Crippen LogP contribution < -0.4 is 11.1 Å². The molecule has 3 nitrogen and oxygen atoms in total. The minimum atomic E-state index is 0.205. The first kappa shape index (κ1) is 11.2. The van der Waals surface area contributed by atoms with Gasteiger partial charge in [-0.3, -0.25) is 4.79 Å². The number of carbonyl (C=O) groups excluding carboxylic acids is 1. The number of carbonyl (C=O) groups is 1. The van der Waals surface area contributed by atoms with E-state index >= 15 is 0 Å². The van der Waals surface area contributed by atoms with E-state index < -0.39 is 0 Å². The molecule has 3 N–H and O–H groups in total. The molecule has 0 aliphatic heterocycles. The van der Waals surface area contributed by atoms with E-state index in [1.807, 2.05) is 12.2 Å². The van der Waals surface area contributed by atoms with Gasteiger partial charge in [-0.1, -0.05) is 25.5 Å². The molecular formula is C11H20N2O. The minimum absolute atomic E-state index is 0.205. The Labute approximate surface area is 85.7 Å². The molecule has 2 atom stereocenters.